The van der Waals surface area contributed by atoms with E-state index in [1.165, 1.54) is 11.3 Å². The second kappa shape index (κ2) is 5.64. The van der Waals surface area contributed by atoms with Crippen molar-refractivity contribution >= 4 is 0 Å². The predicted molar refractivity (Wildman–Crippen MR) is 69.8 cm³/mol. The quantitative estimate of drug-likeness (QED) is 0.853. The van der Waals surface area contributed by atoms with Gasteiger partial charge in [-0.2, -0.15) is 0 Å². The summed E-state index contributed by atoms with van der Waals surface area (Å²) in [5.74, 6) is 0.501. The predicted octanol–water partition coefficient (Wildman–Crippen LogP) is 2.41. The van der Waals surface area contributed by atoms with E-state index in [-0.39, 0.29) is 0 Å². The van der Waals surface area contributed by atoms with Gasteiger partial charge in [-0.05, 0) is 18.5 Å². The monoisotopic (exact) mass is 229 g/mol. The summed E-state index contributed by atoms with van der Waals surface area (Å²) >= 11 is 0. The van der Waals surface area contributed by atoms with E-state index in [9.17, 15) is 0 Å². The van der Waals surface area contributed by atoms with E-state index >= 15 is 0 Å². The molecule has 0 bridgehead atoms. The third-order valence-electron chi connectivity index (χ3n) is 3.00. The molecule has 0 spiro atoms. The highest BCUT2D eigenvalue weighted by Gasteiger charge is 2.08. The molecule has 0 saturated heterocycles. The van der Waals surface area contributed by atoms with Gasteiger partial charge in [0.25, 0.3) is 0 Å². The molecule has 1 heterocycles. The summed E-state index contributed by atoms with van der Waals surface area (Å²) in [5.41, 5.74) is 2.60. The zero-order valence-corrected chi connectivity index (χ0v) is 10.4. The van der Waals surface area contributed by atoms with Crippen LogP contribution >= 0.6 is 0 Å². The van der Waals surface area contributed by atoms with Gasteiger partial charge in [0.1, 0.15) is 0 Å². The fourth-order valence-corrected chi connectivity index (χ4v) is 2.02. The lowest BCUT2D eigenvalue weighted by atomic mass is 10.0. The van der Waals surface area contributed by atoms with Gasteiger partial charge >= 0.3 is 0 Å². The Labute approximate surface area is 103 Å². The van der Waals surface area contributed by atoms with Gasteiger partial charge in [0.05, 0.1) is 12.0 Å². The van der Waals surface area contributed by atoms with Crippen molar-refractivity contribution in [2.24, 2.45) is 0 Å². The molecule has 0 radical (unpaired) electrons. The van der Waals surface area contributed by atoms with Crippen LogP contribution in [-0.4, -0.2) is 16.6 Å². The molecule has 0 fully saturated rings. The fourth-order valence-electron chi connectivity index (χ4n) is 2.02. The zero-order chi connectivity index (χ0) is 12.1. The molecule has 2 aromatic rings. The highest BCUT2D eigenvalue weighted by atomic mass is 15.1. The minimum atomic E-state index is 0.501. The number of hydrogen-bond acceptors (Lipinski definition) is 2. The Hall–Kier alpha value is -1.61. The van der Waals surface area contributed by atoms with Crippen LogP contribution in [0.2, 0.25) is 0 Å². The molecule has 2 rings (SSSR count). The molecule has 1 atom stereocenters. The maximum atomic E-state index is 4.21. The van der Waals surface area contributed by atoms with Gasteiger partial charge in [-0.25, -0.2) is 4.98 Å². The molecule has 0 saturated carbocycles. The van der Waals surface area contributed by atoms with Crippen molar-refractivity contribution in [3.63, 3.8) is 0 Å². The van der Waals surface area contributed by atoms with Crippen LogP contribution in [0, 0.1) is 0 Å². The van der Waals surface area contributed by atoms with Crippen molar-refractivity contribution in [1.29, 1.82) is 0 Å². The zero-order valence-electron chi connectivity index (χ0n) is 10.4. The van der Waals surface area contributed by atoms with E-state index in [0.29, 0.717) is 5.92 Å². The summed E-state index contributed by atoms with van der Waals surface area (Å²) in [5, 5.41) is 3.16. The molecule has 0 aliphatic heterocycles. The summed E-state index contributed by atoms with van der Waals surface area (Å²) in [6, 6.07) is 10.6. The third-order valence-corrected chi connectivity index (χ3v) is 3.00. The minimum absolute atomic E-state index is 0.501. The lowest BCUT2D eigenvalue weighted by Crippen LogP contribution is -2.13. The largest absolute Gasteiger partial charge is 0.333 e. The maximum absolute atomic E-state index is 4.21. The van der Waals surface area contributed by atoms with Crippen LogP contribution in [0.15, 0.2) is 42.9 Å². The molecule has 0 amide bonds. The molecule has 3 nitrogen and oxygen atoms in total. The Morgan fingerprint density at radius 1 is 1.29 bits per heavy atom. The number of aromatic nitrogens is 2. The number of benzene rings is 1. The highest BCUT2D eigenvalue weighted by Crippen LogP contribution is 2.17. The Balaban J connectivity index is 2.08. The number of nitrogens with zero attached hydrogens (tertiary/aromatic N) is 2. The molecule has 1 aromatic carbocycles. The average molecular weight is 229 g/mol. The molecule has 0 aliphatic rings. The molecule has 90 valence electrons. The second-order valence-corrected chi connectivity index (χ2v) is 4.38. The topological polar surface area (TPSA) is 29.9 Å². The van der Waals surface area contributed by atoms with Gasteiger partial charge in [-0.1, -0.05) is 37.3 Å². The first-order valence-corrected chi connectivity index (χ1v) is 6.00. The molecule has 0 aliphatic carbocycles. The minimum Gasteiger partial charge on any atom is -0.333 e. The van der Waals surface area contributed by atoms with Gasteiger partial charge in [-0.15, -0.1) is 0 Å². The Bertz CT molecular complexity index is 448. The SMILES string of the molecule is CNCc1cncn1CC(C)c1ccccc1. The van der Waals surface area contributed by atoms with E-state index in [2.05, 4.69) is 52.1 Å². The molecule has 1 unspecified atom stereocenters. The van der Waals surface area contributed by atoms with E-state index in [1.54, 1.807) is 0 Å². The van der Waals surface area contributed by atoms with Crippen molar-refractivity contribution in [2.45, 2.75) is 25.9 Å². The Morgan fingerprint density at radius 3 is 2.76 bits per heavy atom. The first-order valence-electron chi connectivity index (χ1n) is 6.00. The summed E-state index contributed by atoms with van der Waals surface area (Å²) in [6.45, 7) is 4.08. The maximum Gasteiger partial charge on any atom is 0.0948 e. The summed E-state index contributed by atoms with van der Waals surface area (Å²) in [6.07, 6.45) is 3.83. The van der Waals surface area contributed by atoms with Crippen molar-refractivity contribution in [3.05, 3.63) is 54.1 Å². The number of nitrogens with one attached hydrogen (secondary N) is 1. The first kappa shape index (κ1) is 11.9. The second-order valence-electron chi connectivity index (χ2n) is 4.38. The molecule has 17 heavy (non-hydrogen) atoms. The third kappa shape index (κ3) is 2.94. The van der Waals surface area contributed by atoms with Crippen molar-refractivity contribution in [3.8, 4) is 0 Å². The molecule has 1 N–H and O–H groups in total. The smallest absolute Gasteiger partial charge is 0.0948 e. The normalized spacial score (nSPS) is 12.6. The van der Waals surface area contributed by atoms with Crippen LogP contribution in [0.25, 0.3) is 0 Å². The van der Waals surface area contributed by atoms with Crippen LogP contribution in [-0.2, 0) is 13.1 Å². The Kier molecular flexibility index (Phi) is 3.94. The average Bonchev–Trinajstić information content (AvgIpc) is 2.78. The molecule has 3 heteroatoms. The van der Waals surface area contributed by atoms with Crippen molar-refractivity contribution in [2.75, 3.05) is 7.05 Å². The van der Waals surface area contributed by atoms with Gasteiger partial charge in [0.15, 0.2) is 0 Å². The van der Waals surface area contributed by atoms with E-state index in [4.69, 9.17) is 0 Å². The molecule has 1 aromatic heterocycles. The summed E-state index contributed by atoms with van der Waals surface area (Å²) in [4.78, 5) is 4.21. The van der Waals surface area contributed by atoms with Crippen LogP contribution in [0.1, 0.15) is 24.1 Å². The van der Waals surface area contributed by atoms with Gasteiger partial charge in [-0.3, -0.25) is 0 Å². The van der Waals surface area contributed by atoms with Gasteiger partial charge < -0.3 is 9.88 Å². The van der Waals surface area contributed by atoms with Crippen molar-refractivity contribution in [1.82, 2.24) is 14.9 Å². The van der Waals surface area contributed by atoms with Gasteiger partial charge in [0, 0.05) is 19.3 Å². The number of rotatable bonds is 5. The fraction of sp³-hybridized carbons (Fsp3) is 0.357. The highest BCUT2D eigenvalue weighted by molar-refractivity contribution is 5.18. The Morgan fingerprint density at radius 2 is 2.06 bits per heavy atom. The first-order chi connectivity index (χ1) is 8.31. The van der Waals surface area contributed by atoms with E-state index in [0.717, 1.165) is 13.1 Å². The van der Waals surface area contributed by atoms with Gasteiger partial charge in [0.2, 0.25) is 0 Å². The van der Waals surface area contributed by atoms with Crippen LogP contribution in [0.3, 0.4) is 0 Å². The summed E-state index contributed by atoms with van der Waals surface area (Å²) in [7, 11) is 1.96. The molecular weight excluding hydrogens is 210 g/mol. The van der Waals surface area contributed by atoms with Crippen LogP contribution in [0.5, 0.6) is 0 Å². The van der Waals surface area contributed by atoms with Crippen molar-refractivity contribution < 1.29 is 0 Å². The van der Waals surface area contributed by atoms with Crippen LogP contribution in [0.4, 0.5) is 0 Å². The van der Waals surface area contributed by atoms with Crippen LogP contribution < -0.4 is 5.32 Å². The number of imidazole rings is 1. The number of hydrogen-bond donors (Lipinski definition) is 1. The lowest BCUT2D eigenvalue weighted by Gasteiger charge is -2.14. The lowest BCUT2D eigenvalue weighted by molar-refractivity contribution is 0.568. The standard InChI is InChI=1S/C14H19N3/c1-12(13-6-4-3-5-7-13)10-17-11-16-9-14(17)8-15-2/h3-7,9,11-12,15H,8,10H2,1-2H3. The van der Waals surface area contributed by atoms with E-state index in [1.807, 2.05) is 19.6 Å². The van der Waals surface area contributed by atoms with E-state index < -0.39 is 0 Å². The summed E-state index contributed by atoms with van der Waals surface area (Å²) < 4.78 is 2.22. The molecular formula is C14H19N3.